The minimum absolute atomic E-state index is 0.0835. The number of carboxylic acid groups (broad SMARTS) is 1. The molecule has 1 atom stereocenters. The molecule has 1 heterocycles. The third-order valence-electron chi connectivity index (χ3n) is 3.37. The quantitative estimate of drug-likeness (QED) is 0.690. The third-order valence-corrected chi connectivity index (χ3v) is 3.80. The molecular formula is C17H18BrNO6. The van der Waals surface area contributed by atoms with Crippen LogP contribution in [0, 0.1) is 0 Å². The van der Waals surface area contributed by atoms with Gasteiger partial charge in [-0.1, -0.05) is 6.07 Å². The predicted molar refractivity (Wildman–Crippen MR) is 93.0 cm³/mol. The number of nitrogens with one attached hydrogen (secondary N) is 1. The highest BCUT2D eigenvalue weighted by molar-refractivity contribution is 9.10. The molecule has 1 aromatic carbocycles. The predicted octanol–water partition coefficient (Wildman–Crippen LogP) is 3.40. The molecule has 7 nitrogen and oxygen atoms in total. The van der Waals surface area contributed by atoms with Gasteiger partial charge in [0.25, 0.3) is 5.91 Å². The van der Waals surface area contributed by atoms with E-state index in [-0.39, 0.29) is 12.2 Å². The fourth-order valence-corrected chi connectivity index (χ4v) is 2.57. The largest absolute Gasteiger partial charge is 0.493 e. The van der Waals surface area contributed by atoms with E-state index >= 15 is 0 Å². The zero-order valence-corrected chi connectivity index (χ0v) is 15.3. The van der Waals surface area contributed by atoms with Gasteiger partial charge in [-0.3, -0.25) is 9.59 Å². The van der Waals surface area contributed by atoms with Gasteiger partial charge in [-0.05, 0) is 52.7 Å². The van der Waals surface area contributed by atoms with Crippen LogP contribution in [0.4, 0.5) is 0 Å². The van der Waals surface area contributed by atoms with Crippen LogP contribution in [0.5, 0.6) is 11.5 Å². The summed E-state index contributed by atoms with van der Waals surface area (Å²) < 4.78 is 16.3. The summed E-state index contributed by atoms with van der Waals surface area (Å²) in [5.74, 6) is -0.461. The minimum Gasteiger partial charge on any atom is -0.493 e. The van der Waals surface area contributed by atoms with Crippen LogP contribution in [0.2, 0.25) is 0 Å². The average Bonchev–Trinajstić information content (AvgIpc) is 3.01. The van der Waals surface area contributed by atoms with Crippen LogP contribution in [-0.2, 0) is 4.79 Å². The lowest BCUT2D eigenvalue weighted by Gasteiger charge is -2.19. The summed E-state index contributed by atoms with van der Waals surface area (Å²) in [7, 11) is 1.49. The van der Waals surface area contributed by atoms with Gasteiger partial charge in [0.15, 0.2) is 21.9 Å². The Bertz CT molecular complexity index is 757. The van der Waals surface area contributed by atoms with Crippen molar-refractivity contribution in [3.05, 3.63) is 46.3 Å². The average molecular weight is 412 g/mol. The van der Waals surface area contributed by atoms with E-state index in [1.165, 1.54) is 13.2 Å². The fourth-order valence-electron chi connectivity index (χ4n) is 2.27. The molecule has 0 saturated carbocycles. The van der Waals surface area contributed by atoms with E-state index in [2.05, 4.69) is 21.2 Å². The normalized spacial score (nSPS) is 11.6. The van der Waals surface area contributed by atoms with Crippen LogP contribution in [-0.4, -0.2) is 30.7 Å². The molecule has 0 saturated heterocycles. The highest BCUT2D eigenvalue weighted by Crippen LogP contribution is 2.31. The Kier molecular flexibility index (Phi) is 6.46. The molecule has 0 spiro atoms. The first-order chi connectivity index (χ1) is 11.9. The Labute approximate surface area is 153 Å². The number of benzene rings is 1. The van der Waals surface area contributed by atoms with Crippen molar-refractivity contribution < 1.29 is 28.6 Å². The van der Waals surface area contributed by atoms with Crippen molar-refractivity contribution in [2.45, 2.75) is 19.4 Å². The van der Waals surface area contributed by atoms with Gasteiger partial charge >= 0.3 is 5.97 Å². The Morgan fingerprint density at radius 1 is 1.28 bits per heavy atom. The monoisotopic (exact) mass is 411 g/mol. The number of carboxylic acids is 1. The second-order valence-electron chi connectivity index (χ2n) is 5.07. The molecule has 0 radical (unpaired) electrons. The Morgan fingerprint density at radius 2 is 2.04 bits per heavy atom. The molecule has 134 valence electrons. The minimum atomic E-state index is -1.04. The van der Waals surface area contributed by atoms with Crippen molar-refractivity contribution in [2.24, 2.45) is 0 Å². The summed E-state index contributed by atoms with van der Waals surface area (Å²) in [5, 5.41) is 11.8. The second-order valence-corrected chi connectivity index (χ2v) is 5.85. The molecule has 1 aromatic heterocycles. The van der Waals surface area contributed by atoms with Crippen molar-refractivity contribution in [1.29, 1.82) is 0 Å². The van der Waals surface area contributed by atoms with Crippen molar-refractivity contribution in [1.82, 2.24) is 5.32 Å². The van der Waals surface area contributed by atoms with E-state index in [0.717, 1.165) is 0 Å². The summed E-state index contributed by atoms with van der Waals surface area (Å²) >= 11 is 3.12. The standard InChI is InChI=1S/C17H18BrNO6/c1-3-24-12-5-4-10(8-14(12)23-2)11(9-16(20)21)19-17(22)13-6-7-15(18)25-13/h4-8,11H,3,9H2,1-2H3,(H,19,22)(H,20,21). The molecular weight excluding hydrogens is 394 g/mol. The first-order valence-electron chi connectivity index (χ1n) is 7.53. The molecule has 2 N–H and O–H groups in total. The van der Waals surface area contributed by atoms with Gasteiger partial charge in [0.1, 0.15) is 0 Å². The number of halogens is 1. The van der Waals surface area contributed by atoms with Crippen LogP contribution < -0.4 is 14.8 Å². The highest BCUT2D eigenvalue weighted by atomic mass is 79.9. The molecule has 25 heavy (non-hydrogen) atoms. The molecule has 0 aliphatic rings. The number of methoxy groups -OCH3 is 1. The Balaban J connectivity index is 2.27. The Hall–Kier alpha value is -2.48. The van der Waals surface area contributed by atoms with Gasteiger partial charge in [-0.15, -0.1) is 0 Å². The SMILES string of the molecule is CCOc1ccc(C(CC(=O)O)NC(=O)c2ccc(Br)o2)cc1OC. The van der Waals surface area contributed by atoms with Crippen LogP contribution in [0.3, 0.4) is 0 Å². The number of furan rings is 1. The number of rotatable bonds is 8. The molecule has 8 heteroatoms. The number of carbonyl (C=O) groups is 2. The van der Waals surface area contributed by atoms with E-state index in [1.807, 2.05) is 6.92 Å². The molecule has 0 aliphatic heterocycles. The van der Waals surface area contributed by atoms with E-state index in [0.29, 0.717) is 28.3 Å². The van der Waals surface area contributed by atoms with Gasteiger partial charge in [-0.25, -0.2) is 0 Å². The van der Waals surface area contributed by atoms with Crippen LogP contribution >= 0.6 is 15.9 Å². The van der Waals surface area contributed by atoms with Gasteiger partial charge in [-0.2, -0.15) is 0 Å². The van der Waals surface area contributed by atoms with E-state index in [9.17, 15) is 9.59 Å². The van der Waals surface area contributed by atoms with Gasteiger partial charge in [0, 0.05) is 0 Å². The summed E-state index contributed by atoms with van der Waals surface area (Å²) in [4.78, 5) is 23.5. The van der Waals surface area contributed by atoms with Crippen LogP contribution in [0.1, 0.15) is 35.5 Å². The van der Waals surface area contributed by atoms with Gasteiger partial charge in [0.2, 0.25) is 0 Å². The lowest BCUT2D eigenvalue weighted by Crippen LogP contribution is -2.30. The molecule has 1 amide bonds. The second kappa shape index (κ2) is 8.57. The summed E-state index contributed by atoms with van der Waals surface area (Å²) in [5.41, 5.74) is 0.585. The topological polar surface area (TPSA) is 98.0 Å². The van der Waals surface area contributed by atoms with Crippen LogP contribution in [0.15, 0.2) is 39.4 Å². The molecule has 2 aromatic rings. The number of aliphatic carboxylic acids is 1. The van der Waals surface area contributed by atoms with Crippen molar-refractivity contribution >= 4 is 27.8 Å². The van der Waals surface area contributed by atoms with Crippen molar-refractivity contribution in [3.8, 4) is 11.5 Å². The zero-order valence-electron chi connectivity index (χ0n) is 13.7. The molecule has 0 aliphatic carbocycles. The first-order valence-corrected chi connectivity index (χ1v) is 8.32. The smallest absolute Gasteiger partial charge is 0.305 e. The summed E-state index contributed by atoms with van der Waals surface area (Å²) in [6.45, 7) is 2.32. The molecule has 1 unspecified atom stereocenters. The summed E-state index contributed by atoms with van der Waals surface area (Å²) in [6.07, 6.45) is -0.287. The van der Waals surface area contributed by atoms with Crippen LogP contribution in [0.25, 0.3) is 0 Å². The zero-order chi connectivity index (χ0) is 18.4. The number of hydrogen-bond acceptors (Lipinski definition) is 5. The van der Waals surface area contributed by atoms with Crippen molar-refractivity contribution in [2.75, 3.05) is 13.7 Å². The maximum Gasteiger partial charge on any atom is 0.305 e. The highest BCUT2D eigenvalue weighted by Gasteiger charge is 2.22. The number of carbonyl (C=O) groups excluding carboxylic acids is 1. The number of hydrogen-bond donors (Lipinski definition) is 2. The molecule has 0 bridgehead atoms. The fraction of sp³-hybridized carbons (Fsp3) is 0.294. The maximum absolute atomic E-state index is 12.3. The lowest BCUT2D eigenvalue weighted by molar-refractivity contribution is -0.137. The first kappa shape index (κ1) is 18.9. The molecule has 2 rings (SSSR count). The van der Waals surface area contributed by atoms with E-state index in [4.69, 9.17) is 19.0 Å². The van der Waals surface area contributed by atoms with Crippen molar-refractivity contribution in [3.63, 3.8) is 0 Å². The number of amides is 1. The van der Waals surface area contributed by atoms with E-state index in [1.54, 1.807) is 24.3 Å². The van der Waals surface area contributed by atoms with Gasteiger partial charge < -0.3 is 24.3 Å². The van der Waals surface area contributed by atoms with Gasteiger partial charge in [0.05, 0.1) is 26.2 Å². The Morgan fingerprint density at radius 3 is 2.60 bits per heavy atom. The molecule has 0 fully saturated rings. The number of ether oxygens (including phenoxy) is 2. The van der Waals surface area contributed by atoms with E-state index < -0.39 is 17.9 Å². The summed E-state index contributed by atoms with van der Waals surface area (Å²) in [6, 6.07) is 7.36. The lowest BCUT2D eigenvalue weighted by atomic mass is 10.0. The third kappa shape index (κ3) is 4.99. The maximum atomic E-state index is 12.3.